The van der Waals surface area contributed by atoms with Gasteiger partial charge in [-0.1, -0.05) is 12.1 Å². The Bertz CT molecular complexity index is 576. The first-order chi connectivity index (χ1) is 8.78. The molecule has 0 saturated heterocycles. The van der Waals surface area contributed by atoms with Gasteiger partial charge < -0.3 is 5.73 Å². The number of benzene rings is 1. The molecule has 1 aromatic carbocycles. The molecule has 0 aliphatic rings. The molecule has 0 spiro atoms. The van der Waals surface area contributed by atoms with Crippen molar-refractivity contribution in [1.29, 1.82) is 5.26 Å². The second-order valence-corrected chi connectivity index (χ2v) is 6.72. The summed E-state index contributed by atoms with van der Waals surface area (Å²) < 4.78 is 25.9. The molecular formula is C13H19N3O2S. The van der Waals surface area contributed by atoms with Crippen molar-refractivity contribution >= 4 is 10.0 Å². The summed E-state index contributed by atoms with van der Waals surface area (Å²) in [4.78, 5) is 0.204. The van der Waals surface area contributed by atoms with E-state index in [-0.39, 0.29) is 23.4 Å². The molecule has 2 atom stereocenters. The number of hydrogen-bond acceptors (Lipinski definition) is 4. The molecule has 2 unspecified atom stereocenters. The third-order valence-electron chi connectivity index (χ3n) is 2.84. The number of hydrogen-bond donors (Lipinski definition) is 1. The number of sulfonamides is 1. The monoisotopic (exact) mass is 281 g/mol. The largest absolute Gasteiger partial charge is 0.324 e. The molecular weight excluding hydrogens is 262 g/mol. The van der Waals surface area contributed by atoms with Crippen molar-refractivity contribution in [1.82, 2.24) is 4.31 Å². The van der Waals surface area contributed by atoms with Gasteiger partial charge in [0.05, 0.1) is 16.9 Å². The Morgan fingerprint density at radius 2 is 2.05 bits per heavy atom. The van der Waals surface area contributed by atoms with Gasteiger partial charge in [-0.25, -0.2) is 8.42 Å². The van der Waals surface area contributed by atoms with E-state index in [1.807, 2.05) is 6.07 Å². The van der Waals surface area contributed by atoms with Crippen LogP contribution in [0.1, 0.15) is 25.5 Å². The van der Waals surface area contributed by atoms with Crippen LogP contribution >= 0.6 is 0 Å². The van der Waals surface area contributed by atoms with Crippen molar-refractivity contribution in [2.24, 2.45) is 11.7 Å². The smallest absolute Gasteiger partial charge is 0.242 e. The minimum Gasteiger partial charge on any atom is -0.324 e. The molecule has 0 fully saturated rings. The number of nitrogens with zero attached hydrogens (tertiary/aromatic N) is 2. The summed E-state index contributed by atoms with van der Waals surface area (Å²) in [6.45, 7) is 3.65. The Kier molecular flexibility index (Phi) is 5.06. The van der Waals surface area contributed by atoms with Crippen LogP contribution in [-0.2, 0) is 10.0 Å². The van der Waals surface area contributed by atoms with Gasteiger partial charge in [0.25, 0.3) is 0 Å². The Labute approximate surface area is 114 Å². The second-order valence-electron chi connectivity index (χ2n) is 4.68. The van der Waals surface area contributed by atoms with E-state index >= 15 is 0 Å². The number of nitrogens with two attached hydrogens (primary N) is 1. The SMILES string of the molecule is CC(C#N)CN(C)S(=O)(=O)c1cccc(C(C)N)c1. The Hall–Kier alpha value is -1.42. The van der Waals surface area contributed by atoms with E-state index in [0.717, 1.165) is 5.56 Å². The lowest BCUT2D eigenvalue weighted by Crippen LogP contribution is -2.30. The van der Waals surface area contributed by atoms with Crippen LogP contribution in [0.25, 0.3) is 0 Å². The van der Waals surface area contributed by atoms with Crippen LogP contribution in [0.4, 0.5) is 0 Å². The minimum absolute atomic E-state index is 0.168. The van der Waals surface area contributed by atoms with E-state index in [1.165, 1.54) is 17.4 Å². The summed E-state index contributed by atoms with van der Waals surface area (Å²) in [5, 5.41) is 8.75. The molecule has 0 saturated carbocycles. The quantitative estimate of drug-likeness (QED) is 0.885. The van der Waals surface area contributed by atoms with Crippen molar-refractivity contribution in [2.45, 2.75) is 24.8 Å². The fourth-order valence-electron chi connectivity index (χ4n) is 1.66. The summed E-state index contributed by atoms with van der Waals surface area (Å²) in [6.07, 6.45) is 0. The van der Waals surface area contributed by atoms with Crippen LogP contribution in [0.2, 0.25) is 0 Å². The summed E-state index contributed by atoms with van der Waals surface area (Å²) >= 11 is 0. The minimum atomic E-state index is -3.57. The van der Waals surface area contributed by atoms with Gasteiger partial charge in [-0.2, -0.15) is 9.57 Å². The fraction of sp³-hybridized carbons (Fsp3) is 0.462. The maximum absolute atomic E-state index is 12.3. The highest BCUT2D eigenvalue weighted by atomic mass is 32.2. The zero-order valence-corrected chi connectivity index (χ0v) is 12.2. The first kappa shape index (κ1) is 15.6. The van der Waals surface area contributed by atoms with Crippen LogP contribution in [0.3, 0.4) is 0 Å². The molecule has 0 heterocycles. The highest BCUT2D eigenvalue weighted by Gasteiger charge is 2.22. The molecule has 0 bridgehead atoms. The maximum Gasteiger partial charge on any atom is 0.242 e. The van der Waals surface area contributed by atoms with E-state index in [0.29, 0.717) is 0 Å². The molecule has 0 radical (unpaired) electrons. The number of nitriles is 1. The van der Waals surface area contributed by atoms with Crippen molar-refractivity contribution < 1.29 is 8.42 Å². The van der Waals surface area contributed by atoms with Gasteiger partial charge >= 0.3 is 0 Å². The predicted octanol–water partition coefficient (Wildman–Crippen LogP) is 1.49. The Morgan fingerprint density at radius 1 is 1.42 bits per heavy atom. The molecule has 0 aliphatic carbocycles. The standard InChI is InChI=1S/C13H19N3O2S/c1-10(8-14)9-16(3)19(17,18)13-6-4-5-12(7-13)11(2)15/h4-7,10-11H,9,15H2,1-3H3. The van der Waals surface area contributed by atoms with E-state index in [9.17, 15) is 8.42 Å². The Morgan fingerprint density at radius 3 is 2.58 bits per heavy atom. The van der Waals surface area contributed by atoms with Gasteiger partial charge in [0.2, 0.25) is 10.0 Å². The lowest BCUT2D eigenvalue weighted by molar-refractivity contribution is 0.439. The van der Waals surface area contributed by atoms with Gasteiger partial charge in [-0.05, 0) is 31.5 Å². The third kappa shape index (κ3) is 3.77. The van der Waals surface area contributed by atoms with Crippen molar-refractivity contribution in [2.75, 3.05) is 13.6 Å². The lowest BCUT2D eigenvalue weighted by Gasteiger charge is -2.19. The van der Waals surface area contributed by atoms with Crippen molar-refractivity contribution in [3.05, 3.63) is 29.8 Å². The van der Waals surface area contributed by atoms with E-state index in [1.54, 1.807) is 32.0 Å². The molecule has 1 aromatic rings. The van der Waals surface area contributed by atoms with E-state index < -0.39 is 10.0 Å². The van der Waals surface area contributed by atoms with Gasteiger partial charge in [-0.3, -0.25) is 0 Å². The molecule has 1 rings (SSSR count). The molecule has 104 valence electrons. The van der Waals surface area contributed by atoms with Crippen LogP contribution in [0, 0.1) is 17.2 Å². The normalized spacial score (nSPS) is 14.9. The first-order valence-corrected chi connectivity index (χ1v) is 7.44. The van der Waals surface area contributed by atoms with E-state index in [2.05, 4.69) is 0 Å². The molecule has 0 amide bonds. The topological polar surface area (TPSA) is 87.2 Å². The van der Waals surface area contributed by atoms with Crippen LogP contribution in [-0.4, -0.2) is 26.3 Å². The predicted molar refractivity (Wildman–Crippen MR) is 73.6 cm³/mol. The summed E-state index contributed by atoms with van der Waals surface area (Å²) in [6, 6.07) is 8.38. The zero-order chi connectivity index (χ0) is 14.6. The average molecular weight is 281 g/mol. The highest BCUT2D eigenvalue weighted by Crippen LogP contribution is 2.19. The molecule has 0 aromatic heterocycles. The van der Waals surface area contributed by atoms with Crippen LogP contribution < -0.4 is 5.73 Å². The highest BCUT2D eigenvalue weighted by molar-refractivity contribution is 7.89. The third-order valence-corrected chi connectivity index (χ3v) is 4.66. The number of rotatable bonds is 5. The van der Waals surface area contributed by atoms with E-state index in [4.69, 9.17) is 11.0 Å². The van der Waals surface area contributed by atoms with Crippen molar-refractivity contribution in [3.63, 3.8) is 0 Å². The van der Waals surface area contributed by atoms with Crippen LogP contribution in [0.15, 0.2) is 29.2 Å². The molecule has 5 nitrogen and oxygen atoms in total. The summed E-state index contributed by atoms with van der Waals surface area (Å²) in [5.74, 6) is -0.351. The maximum atomic E-state index is 12.3. The summed E-state index contributed by atoms with van der Waals surface area (Å²) in [7, 11) is -2.10. The zero-order valence-electron chi connectivity index (χ0n) is 11.4. The average Bonchev–Trinajstić information content (AvgIpc) is 2.38. The lowest BCUT2D eigenvalue weighted by atomic mass is 10.1. The van der Waals surface area contributed by atoms with Gasteiger partial charge in [0, 0.05) is 19.6 Å². The molecule has 6 heteroatoms. The van der Waals surface area contributed by atoms with Gasteiger partial charge in [0.1, 0.15) is 0 Å². The van der Waals surface area contributed by atoms with Gasteiger partial charge in [0.15, 0.2) is 0 Å². The second kappa shape index (κ2) is 6.15. The molecule has 19 heavy (non-hydrogen) atoms. The van der Waals surface area contributed by atoms with Crippen molar-refractivity contribution in [3.8, 4) is 6.07 Å². The van der Waals surface area contributed by atoms with Gasteiger partial charge in [-0.15, -0.1) is 0 Å². The fourth-order valence-corrected chi connectivity index (χ4v) is 2.98. The Balaban J connectivity index is 3.07. The van der Waals surface area contributed by atoms with Crippen LogP contribution in [0.5, 0.6) is 0 Å². The molecule has 0 aliphatic heterocycles. The first-order valence-electron chi connectivity index (χ1n) is 6.00. The summed E-state index contributed by atoms with van der Waals surface area (Å²) in [5.41, 5.74) is 6.52. The molecule has 2 N–H and O–H groups in total.